The van der Waals surface area contributed by atoms with E-state index in [1.165, 1.54) is 48.1 Å². The summed E-state index contributed by atoms with van der Waals surface area (Å²) in [7, 11) is -0.503. The number of nitrogens with zero attached hydrogens (tertiary/aromatic N) is 1. The van der Waals surface area contributed by atoms with Crippen molar-refractivity contribution in [2.24, 2.45) is 0 Å². The third-order valence-corrected chi connectivity index (χ3v) is 7.75. The van der Waals surface area contributed by atoms with Crippen molar-refractivity contribution < 1.29 is 0 Å². The third kappa shape index (κ3) is 3.69. The van der Waals surface area contributed by atoms with Crippen LogP contribution in [-0.4, -0.2) is 24.0 Å². The van der Waals surface area contributed by atoms with E-state index in [-0.39, 0.29) is 0 Å². The minimum atomic E-state index is -0.503. The Bertz CT molecular complexity index is 611. The molecule has 0 unspecified atom stereocenters. The van der Waals surface area contributed by atoms with Crippen LogP contribution in [0.4, 0.5) is 0 Å². The van der Waals surface area contributed by atoms with Crippen molar-refractivity contribution in [1.29, 1.82) is 0 Å². The fourth-order valence-electron chi connectivity index (χ4n) is 3.89. The smallest absolute Gasteiger partial charge is 0.0211 e. The molecule has 1 nitrogen and oxygen atoms in total. The lowest BCUT2D eigenvalue weighted by Crippen LogP contribution is -2.37. The normalized spacial score (nSPS) is 21.2. The maximum absolute atomic E-state index is 2.64. The van der Waals surface area contributed by atoms with Crippen LogP contribution in [0.1, 0.15) is 19.8 Å². The van der Waals surface area contributed by atoms with Gasteiger partial charge in [0.1, 0.15) is 0 Å². The van der Waals surface area contributed by atoms with Gasteiger partial charge < -0.3 is 4.90 Å². The number of rotatable bonds is 5. The number of likely N-dealkylation sites (tertiary alicyclic amines) is 1. The van der Waals surface area contributed by atoms with Gasteiger partial charge in [0.15, 0.2) is 0 Å². The van der Waals surface area contributed by atoms with Crippen molar-refractivity contribution in [3.05, 3.63) is 91.5 Å². The van der Waals surface area contributed by atoms with Gasteiger partial charge in [-0.15, -0.1) is 0 Å². The van der Waals surface area contributed by atoms with Gasteiger partial charge in [-0.1, -0.05) is 60.7 Å². The second-order valence-electron chi connectivity index (χ2n) is 6.79. The minimum absolute atomic E-state index is 0.503. The van der Waals surface area contributed by atoms with Crippen molar-refractivity contribution in [3.8, 4) is 0 Å². The summed E-state index contributed by atoms with van der Waals surface area (Å²) in [5, 5.41) is 2.87. The molecule has 0 aromatic heterocycles. The zero-order valence-electron chi connectivity index (χ0n) is 14.8. The molecule has 2 aromatic carbocycles. The summed E-state index contributed by atoms with van der Waals surface area (Å²) >= 11 is 0. The Labute approximate surface area is 154 Å². The van der Waals surface area contributed by atoms with Crippen LogP contribution < -0.4 is 10.6 Å². The van der Waals surface area contributed by atoms with Gasteiger partial charge in [-0.3, -0.25) is 0 Å². The molecule has 25 heavy (non-hydrogen) atoms. The Morgan fingerprint density at radius 1 is 0.800 bits per heavy atom. The predicted molar refractivity (Wildman–Crippen MR) is 109 cm³/mol. The van der Waals surface area contributed by atoms with Gasteiger partial charge >= 0.3 is 0 Å². The lowest BCUT2D eigenvalue weighted by molar-refractivity contribution is 0.275. The molecule has 1 saturated carbocycles. The highest BCUT2D eigenvalue weighted by Crippen LogP contribution is 2.57. The molecule has 5 radical (unpaired) electrons. The SMILES string of the molecule is C[C@H]([C]1[CH][CH][CH][C]1P(c1ccccc1)c1ccccc1)N1CCCC1. The highest BCUT2D eigenvalue weighted by molar-refractivity contribution is 7.76. The molecule has 2 fully saturated rings. The largest absolute Gasteiger partial charge is 0.300 e. The zero-order chi connectivity index (χ0) is 17.1. The summed E-state index contributed by atoms with van der Waals surface area (Å²) in [5.74, 6) is 1.51. The molecular formula is C23H25NP. The second-order valence-corrected chi connectivity index (χ2v) is 8.98. The first-order chi connectivity index (χ1) is 12.3. The number of hydrogen-bond acceptors (Lipinski definition) is 1. The van der Waals surface area contributed by atoms with Crippen LogP contribution in [0.3, 0.4) is 0 Å². The van der Waals surface area contributed by atoms with E-state index < -0.39 is 7.92 Å². The van der Waals surface area contributed by atoms with Gasteiger partial charge in [0.2, 0.25) is 0 Å². The lowest BCUT2D eigenvalue weighted by Gasteiger charge is -2.36. The molecule has 1 aliphatic heterocycles. The average Bonchev–Trinajstić information content (AvgIpc) is 3.36. The van der Waals surface area contributed by atoms with Crippen molar-refractivity contribution in [2.75, 3.05) is 13.1 Å². The zero-order valence-corrected chi connectivity index (χ0v) is 15.7. The summed E-state index contributed by atoms with van der Waals surface area (Å²) in [6.07, 6.45) is 9.63. The maximum atomic E-state index is 2.64. The molecule has 2 heteroatoms. The van der Waals surface area contributed by atoms with Crippen LogP contribution in [0.5, 0.6) is 0 Å². The van der Waals surface area contributed by atoms with E-state index in [4.69, 9.17) is 0 Å². The van der Waals surface area contributed by atoms with Crippen LogP contribution in [0, 0.1) is 30.8 Å². The van der Waals surface area contributed by atoms with Gasteiger partial charge in [-0.2, -0.15) is 0 Å². The Morgan fingerprint density at radius 2 is 1.36 bits per heavy atom. The molecule has 0 amide bonds. The van der Waals surface area contributed by atoms with Crippen molar-refractivity contribution in [3.63, 3.8) is 0 Å². The Kier molecular flexibility index (Phi) is 5.54. The first-order valence-corrected chi connectivity index (χ1v) is 10.6. The Morgan fingerprint density at radius 3 is 1.92 bits per heavy atom. The first-order valence-electron chi connectivity index (χ1n) is 9.24. The maximum Gasteiger partial charge on any atom is 0.0211 e. The van der Waals surface area contributed by atoms with Gasteiger partial charge in [-0.05, 0) is 70.6 Å². The molecule has 2 aliphatic rings. The quantitative estimate of drug-likeness (QED) is 0.728. The molecule has 0 bridgehead atoms. The topological polar surface area (TPSA) is 3.24 Å². The van der Waals surface area contributed by atoms with Gasteiger partial charge in [-0.25, -0.2) is 0 Å². The molecule has 1 aliphatic carbocycles. The van der Waals surface area contributed by atoms with E-state index in [0.717, 1.165) is 0 Å². The van der Waals surface area contributed by atoms with E-state index in [1.54, 1.807) is 0 Å². The summed E-state index contributed by atoms with van der Waals surface area (Å²) in [6, 6.07) is 22.5. The summed E-state index contributed by atoms with van der Waals surface area (Å²) in [6.45, 7) is 4.86. The highest BCUT2D eigenvalue weighted by Gasteiger charge is 2.41. The van der Waals surface area contributed by atoms with Crippen molar-refractivity contribution in [1.82, 2.24) is 4.90 Å². The van der Waals surface area contributed by atoms with Crippen LogP contribution in [0.2, 0.25) is 0 Å². The average molecular weight is 346 g/mol. The predicted octanol–water partition coefficient (Wildman–Crippen LogP) is 4.34. The molecule has 4 rings (SSSR count). The van der Waals surface area contributed by atoms with Gasteiger partial charge in [0.05, 0.1) is 0 Å². The standard InChI is InChI=1S/C23H25NP/c1-19(24-17-8-9-18-24)22-15-10-16-23(22)25(20-11-4-2-5-12-20)21-13-6-3-7-14-21/h2-7,10-16,19H,8-9,17-18H2,1H3/t19-/m1/s1. The number of benzene rings is 2. The molecule has 0 spiro atoms. The third-order valence-electron chi connectivity index (χ3n) is 5.23. The minimum Gasteiger partial charge on any atom is -0.300 e. The molecule has 127 valence electrons. The van der Waals surface area contributed by atoms with Crippen LogP contribution >= 0.6 is 7.92 Å². The molecule has 1 saturated heterocycles. The van der Waals surface area contributed by atoms with E-state index in [2.05, 4.69) is 91.7 Å². The molecule has 1 atom stereocenters. The van der Waals surface area contributed by atoms with Crippen molar-refractivity contribution in [2.45, 2.75) is 25.8 Å². The molecule has 2 aromatic rings. The first kappa shape index (κ1) is 17.3. The highest BCUT2D eigenvalue weighted by atomic mass is 31.1. The van der Waals surface area contributed by atoms with Crippen molar-refractivity contribution >= 4 is 18.5 Å². The summed E-state index contributed by atoms with van der Waals surface area (Å²) in [4.78, 5) is 2.64. The van der Waals surface area contributed by atoms with Crippen LogP contribution in [0.25, 0.3) is 0 Å². The lowest BCUT2D eigenvalue weighted by atomic mass is 9.98. The fourth-order valence-corrected chi connectivity index (χ4v) is 6.44. The monoisotopic (exact) mass is 346 g/mol. The summed E-state index contributed by atoms with van der Waals surface area (Å²) < 4.78 is 0. The van der Waals surface area contributed by atoms with Crippen LogP contribution in [-0.2, 0) is 0 Å². The Hall–Kier alpha value is -1.17. The van der Waals surface area contributed by atoms with E-state index in [1.807, 2.05) is 0 Å². The van der Waals surface area contributed by atoms with Gasteiger partial charge in [0.25, 0.3) is 0 Å². The second kappa shape index (κ2) is 8.02. The molecular weight excluding hydrogens is 321 g/mol. The van der Waals surface area contributed by atoms with Gasteiger partial charge in [0, 0.05) is 17.6 Å². The van der Waals surface area contributed by atoms with E-state index in [9.17, 15) is 0 Å². The number of hydrogen-bond donors (Lipinski definition) is 0. The fraction of sp³-hybridized carbons (Fsp3) is 0.261. The Balaban J connectivity index is 1.66. The van der Waals surface area contributed by atoms with E-state index >= 15 is 0 Å². The molecule has 0 N–H and O–H groups in total. The van der Waals surface area contributed by atoms with E-state index in [0.29, 0.717) is 6.04 Å². The summed E-state index contributed by atoms with van der Waals surface area (Å²) in [5.41, 5.74) is 1.52. The molecule has 1 heterocycles. The van der Waals surface area contributed by atoms with Crippen LogP contribution in [0.15, 0.2) is 60.7 Å².